The first kappa shape index (κ1) is 12.5. The third-order valence-corrected chi connectivity index (χ3v) is 3.11. The largest absolute Gasteiger partial charge is 0.379 e. The van der Waals surface area contributed by atoms with Gasteiger partial charge < -0.3 is 10.1 Å². The van der Waals surface area contributed by atoms with E-state index in [4.69, 9.17) is 4.74 Å². The lowest BCUT2D eigenvalue weighted by Gasteiger charge is -2.42. The van der Waals surface area contributed by atoms with Gasteiger partial charge in [0, 0.05) is 18.2 Å². The van der Waals surface area contributed by atoms with Crippen LogP contribution in [0.4, 0.5) is 8.78 Å². The molecule has 1 aromatic rings. The molecule has 0 radical (unpaired) electrons. The first-order chi connectivity index (χ1) is 8.03. The molecule has 0 saturated carbocycles. The van der Waals surface area contributed by atoms with Gasteiger partial charge in [0.15, 0.2) is 0 Å². The van der Waals surface area contributed by atoms with Gasteiger partial charge in [-0.1, -0.05) is 13.8 Å². The molecule has 0 aliphatic carbocycles. The van der Waals surface area contributed by atoms with E-state index in [-0.39, 0.29) is 5.82 Å². The van der Waals surface area contributed by atoms with E-state index in [0.29, 0.717) is 31.4 Å². The minimum absolute atomic E-state index is 0.309. The molecule has 2 nitrogen and oxygen atoms in total. The molecule has 0 amide bonds. The number of ether oxygens (including phenoxy) is 1. The van der Waals surface area contributed by atoms with Crippen molar-refractivity contribution in [1.29, 1.82) is 0 Å². The molecule has 94 valence electrons. The first-order valence-corrected chi connectivity index (χ1v) is 5.80. The number of nitrogens with one attached hydrogen (secondary N) is 1. The number of halogens is 2. The van der Waals surface area contributed by atoms with Crippen LogP contribution < -0.4 is 5.32 Å². The van der Waals surface area contributed by atoms with Gasteiger partial charge >= 0.3 is 0 Å². The predicted molar refractivity (Wildman–Crippen MR) is 62.0 cm³/mol. The summed E-state index contributed by atoms with van der Waals surface area (Å²) >= 11 is 0. The van der Waals surface area contributed by atoms with Crippen LogP contribution in [-0.2, 0) is 10.2 Å². The van der Waals surface area contributed by atoms with E-state index < -0.39 is 11.2 Å². The second kappa shape index (κ2) is 4.70. The maximum Gasteiger partial charge on any atom is 0.127 e. The summed E-state index contributed by atoms with van der Waals surface area (Å²) in [7, 11) is 0. The quantitative estimate of drug-likeness (QED) is 0.872. The van der Waals surface area contributed by atoms with Gasteiger partial charge in [-0.2, -0.15) is 0 Å². The van der Waals surface area contributed by atoms with Gasteiger partial charge in [0.2, 0.25) is 0 Å². The molecule has 17 heavy (non-hydrogen) atoms. The van der Waals surface area contributed by atoms with Gasteiger partial charge in [0.1, 0.15) is 11.6 Å². The molecule has 1 N–H and O–H groups in total. The van der Waals surface area contributed by atoms with Crippen LogP contribution in [0.3, 0.4) is 0 Å². The van der Waals surface area contributed by atoms with Crippen molar-refractivity contribution in [3.05, 3.63) is 35.4 Å². The zero-order valence-electron chi connectivity index (χ0n) is 10.1. The second-order valence-corrected chi connectivity index (χ2v) is 4.93. The van der Waals surface area contributed by atoms with Gasteiger partial charge in [0.05, 0.1) is 18.6 Å². The molecular weight excluding hydrogens is 224 g/mol. The molecule has 1 aromatic carbocycles. The summed E-state index contributed by atoms with van der Waals surface area (Å²) in [5, 5.41) is 3.26. The van der Waals surface area contributed by atoms with Gasteiger partial charge in [-0.15, -0.1) is 0 Å². The van der Waals surface area contributed by atoms with E-state index in [2.05, 4.69) is 5.32 Å². The maximum absolute atomic E-state index is 13.8. The Labute approximate surface area is 100.0 Å². The summed E-state index contributed by atoms with van der Waals surface area (Å²) in [5.74, 6) is -0.766. The van der Waals surface area contributed by atoms with Crippen LogP contribution in [0.1, 0.15) is 19.4 Å². The standard InChI is InChI=1S/C13H17F2NO/c1-9(2)16-6-13(7-17-8-13)11-5-10(14)3-4-12(11)15/h3-5,9,16H,6-8H2,1-2H3. The van der Waals surface area contributed by atoms with Crippen molar-refractivity contribution in [1.82, 2.24) is 5.32 Å². The van der Waals surface area contributed by atoms with Crippen LogP contribution in [0.5, 0.6) is 0 Å². The number of rotatable bonds is 4. The van der Waals surface area contributed by atoms with E-state index in [1.807, 2.05) is 13.8 Å². The average molecular weight is 241 g/mol. The summed E-state index contributed by atoms with van der Waals surface area (Å²) in [6.45, 7) is 5.52. The van der Waals surface area contributed by atoms with Crippen LogP contribution in [0.15, 0.2) is 18.2 Å². The Balaban J connectivity index is 2.24. The Morgan fingerprint density at radius 1 is 1.35 bits per heavy atom. The Morgan fingerprint density at radius 2 is 2.06 bits per heavy atom. The minimum atomic E-state index is -0.420. The van der Waals surface area contributed by atoms with Crippen molar-refractivity contribution >= 4 is 0 Å². The molecule has 0 unspecified atom stereocenters. The van der Waals surface area contributed by atoms with E-state index in [0.717, 1.165) is 6.07 Å². The van der Waals surface area contributed by atoms with Gasteiger partial charge in [-0.3, -0.25) is 0 Å². The summed E-state index contributed by atoms with van der Waals surface area (Å²) in [6, 6.07) is 3.91. The zero-order chi connectivity index (χ0) is 12.5. The number of hydrogen-bond donors (Lipinski definition) is 1. The molecule has 0 spiro atoms. The van der Waals surface area contributed by atoms with E-state index in [1.165, 1.54) is 12.1 Å². The molecule has 0 bridgehead atoms. The fraction of sp³-hybridized carbons (Fsp3) is 0.538. The molecular formula is C13H17F2NO. The molecule has 4 heteroatoms. The Hall–Kier alpha value is -1.00. The molecule has 2 rings (SSSR count). The highest BCUT2D eigenvalue weighted by Crippen LogP contribution is 2.34. The Morgan fingerprint density at radius 3 is 2.59 bits per heavy atom. The fourth-order valence-electron chi connectivity index (χ4n) is 2.00. The smallest absolute Gasteiger partial charge is 0.127 e. The maximum atomic E-state index is 13.8. The van der Waals surface area contributed by atoms with E-state index >= 15 is 0 Å². The van der Waals surface area contributed by atoms with E-state index in [9.17, 15) is 8.78 Å². The lowest BCUT2D eigenvalue weighted by molar-refractivity contribution is -0.0613. The Kier molecular flexibility index (Phi) is 3.45. The minimum Gasteiger partial charge on any atom is -0.379 e. The zero-order valence-corrected chi connectivity index (χ0v) is 10.1. The van der Waals surface area contributed by atoms with Crippen LogP contribution in [0, 0.1) is 11.6 Å². The van der Waals surface area contributed by atoms with Gasteiger partial charge in [0.25, 0.3) is 0 Å². The summed E-state index contributed by atoms with van der Waals surface area (Å²) < 4.78 is 32.2. The number of hydrogen-bond acceptors (Lipinski definition) is 2. The van der Waals surface area contributed by atoms with E-state index in [1.54, 1.807) is 0 Å². The third kappa shape index (κ3) is 2.48. The second-order valence-electron chi connectivity index (χ2n) is 4.93. The monoisotopic (exact) mass is 241 g/mol. The van der Waals surface area contributed by atoms with Crippen LogP contribution >= 0.6 is 0 Å². The first-order valence-electron chi connectivity index (χ1n) is 5.80. The molecule has 1 fully saturated rings. The highest BCUT2D eigenvalue weighted by Gasteiger charge is 2.42. The normalized spacial score (nSPS) is 18.2. The van der Waals surface area contributed by atoms with Crippen LogP contribution in [0.25, 0.3) is 0 Å². The van der Waals surface area contributed by atoms with Gasteiger partial charge in [-0.25, -0.2) is 8.78 Å². The summed E-state index contributed by atoms with van der Waals surface area (Å²) in [6.07, 6.45) is 0. The van der Waals surface area contributed by atoms with Gasteiger partial charge in [-0.05, 0) is 18.2 Å². The van der Waals surface area contributed by atoms with Crippen LogP contribution in [0.2, 0.25) is 0 Å². The van der Waals surface area contributed by atoms with Crippen molar-refractivity contribution in [3.8, 4) is 0 Å². The molecule has 1 saturated heterocycles. The molecule has 1 aliphatic rings. The van der Waals surface area contributed by atoms with Crippen molar-refractivity contribution in [2.45, 2.75) is 25.3 Å². The molecule has 1 heterocycles. The highest BCUT2D eigenvalue weighted by molar-refractivity contribution is 5.31. The van der Waals surface area contributed by atoms with Crippen molar-refractivity contribution in [2.75, 3.05) is 19.8 Å². The van der Waals surface area contributed by atoms with Crippen LogP contribution in [-0.4, -0.2) is 25.8 Å². The average Bonchev–Trinajstić information content (AvgIpc) is 2.21. The lowest BCUT2D eigenvalue weighted by Crippen LogP contribution is -2.55. The highest BCUT2D eigenvalue weighted by atomic mass is 19.1. The SMILES string of the molecule is CC(C)NCC1(c2cc(F)ccc2F)COC1. The molecule has 1 aliphatic heterocycles. The molecule has 0 atom stereocenters. The Bertz CT molecular complexity index is 402. The van der Waals surface area contributed by atoms with Crippen molar-refractivity contribution in [3.63, 3.8) is 0 Å². The van der Waals surface area contributed by atoms with Crippen molar-refractivity contribution < 1.29 is 13.5 Å². The summed E-state index contributed by atoms with van der Waals surface area (Å²) in [5.41, 5.74) is -0.00639. The number of benzene rings is 1. The fourth-order valence-corrected chi connectivity index (χ4v) is 2.00. The third-order valence-electron chi connectivity index (χ3n) is 3.11. The topological polar surface area (TPSA) is 21.3 Å². The lowest BCUT2D eigenvalue weighted by atomic mass is 9.78. The van der Waals surface area contributed by atoms with Crippen molar-refractivity contribution in [2.24, 2.45) is 0 Å². The molecule has 0 aromatic heterocycles. The predicted octanol–water partition coefficient (Wildman–Crippen LogP) is 2.23. The summed E-state index contributed by atoms with van der Waals surface area (Å²) in [4.78, 5) is 0.